The van der Waals surface area contributed by atoms with E-state index in [9.17, 15) is 9.59 Å². The predicted molar refractivity (Wildman–Crippen MR) is 97.3 cm³/mol. The van der Waals surface area contributed by atoms with Crippen molar-refractivity contribution in [1.29, 1.82) is 0 Å². The van der Waals surface area contributed by atoms with E-state index in [1.165, 1.54) is 0 Å². The van der Waals surface area contributed by atoms with Gasteiger partial charge in [0.1, 0.15) is 18.2 Å². The Morgan fingerprint density at radius 3 is 2.81 bits per heavy atom. The number of likely N-dealkylation sites (tertiary alicyclic amines) is 1. The highest BCUT2D eigenvalue weighted by molar-refractivity contribution is 5.80. The number of aryl methyl sites for hydroxylation is 1. The molecule has 1 amide bonds. The number of carbonyl (C=O) groups excluding carboxylic acids is 1. The van der Waals surface area contributed by atoms with Crippen molar-refractivity contribution in [2.45, 2.75) is 32.1 Å². The Morgan fingerprint density at radius 1 is 1.27 bits per heavy atom. The van der Waals surface area contributed by atoms with Crippen molar-refractivity contribution in [3.05, 3.63) is 57.8 Å². The third kappa shape index (κ3) is 3.36. The summed E-state index contributed by atoms with van der Waals surface area (Å²) in [7, 11) is 0. The topological polar surface area (TPSA) is 75.3 Å². The summed E-state index contributed by atoms with van der Waals surface area (Å²) in [5.41, 5.74) is 1.84. The minimum atomic E-state index is -0.110. The SMILES string of the molecule is Cc1nc(C2CCN(C(=O)C3COc4ccccc4C3)CC2)cc(=O)[nH]1. The van der Waals surface area contributed by atoms with Gasteiger partial charge in [-0.25, -0.2) is 4.98 Å². The summed E-state index contributed by atoms with van der Waals surface area (Å²) in [6.07, 6.45) is 2.42. The van der Waals surface area contributed by atoms with Crippen LogP contribution in [0, 0.1) is 12.8 Å². The van der Waals surface area contributed by atoms with E-state index in [1.54, 1.807) is 13.0 Å². The number of amides is 1. The maximum absolute atomic E-state index is 12.9. The second-order valence-corrected chi connectivity index (χ2v) is 7.18. The van der Waals surface area contributed by atoms with Gasteiger partial charge in [0, 0.05) is 25.1 Å². The van der Waals surface area contributed by atoms with Crippen molar-refractivity contribution < 1.29 is 9.53 Å². The Balaban J connectivity index is 1.39. The van der Waals surface area contributed by atoms with Gasteiger partial charge < -0.3 is 14.6 Å². The van der Waals surface area contributed by atoms with Crippen LogP contribution in [-0.4, -0.2) is 40.5 Å². The molecule has 1 aromatic heterocycles. The van der Waals surface area contributed by atoms with Gasteiger partial charge in [-0.15, -0.1) is 0 Å². The molecule has 2 aliphatic heterocycles. The van der Waals surface area contributed by atoms with Gasteiger partial charge in [0.2, 0.25) is 5.91 Å². The van der Waals surface area contributed by atoms with Gasteiger partial charge in [-0.1, -0.05) is 18.2 Å². The molecule has 6 heteroatoms. The van der Waals surface area contributed by atoms with Crippen LogP contribution in [0.1, 0.15) is 35.8 Å². The van der Waals surface area contributed by atoms with Gasteiger partial charge in [-0.2, -0.15) is 0 Å². The van der Waals surface area contributed by atoms with Gasteiger partial charge in [-0.05, 0) is 37.8 Å². The molecular weight excluding hydrogens is 330 g/mol. The average Bonchev–Trinajstić information content (AvgIpc) is 2.66. The van der Waals surface area contributed by atoms with Crippen LogP contribution in [0.2, 0.25) is 0 Å². The molecule has 1 fully saturated rings. The highest BCUT2D eigenvalue weighted by Crippen LogP contribution is 2.30. The molecule has 26 heavy (non-hydrogen) atoms. The van der Waals surface area contributed by atoms with Crippen LogP contribution in [0.4, 0.5) is 0 Å². The third-order valence-electron chi connectivity index (χ3n) is 5.33. The standard InChI is InChI=1S/C20H23N3O3/c1-13-21-17(11-19(24)22-13)14-6-8-23(9-7-14)20(25)16-10-15-4-2-3-5-18(15)26-12-16/h2-5,11,14,16H,6-10,12H2,1H3,(H,21,22,24). The molecule has 0 radical (unpaired) electrons. The van der Waals surface area contributed by atoms with Gasteiger partial charge in [0.05, 0.1) is 11.6 Å². The second kappa shape index (κ2) is 6.94. The highest BCUT2D eigenvalue weighted by atomic mass is 16.5. The lowest BCUT2D eigenvalue weighted by molar-refractivity contribution is -0.138. The molecule has 2 aromatic rings. The molecule has 4 rings (SSSR count). The van der Waals surface area contributed by atoms with Gasteiger partial charge in [-0.3, -0.25) is 9.59 Å². The summed E-state index contributed by atoms with van der Waals surface area (Å²) in [4.78, 5) is 33.6. The predicted octanol–water partition coefficient (Wildman–Crippen LogP) is 2.04. The van der Waals surface area contributed by atoms with Crippen LogP contribution in [0.25, 0.3) is 0 Å². The molecule has 1 N–H and O–H groups in total. The normalized spacial score (nSPS) is 20.3. The number of nitrogens with zero attached hydrogens (tertiary/aromatic N) is 2. The first kappa shape index (κ1) is 16.8. The zero-order chi connectivity index (χ0) is 18.1. The fraction of sp³-hybridized carbons (Fsp3) is 0.450. The van der Waals surface area contributed by atoms with Crippen LogP contribution in [0.15, 0.2) is 35.1 Å². The first-order valence-electron chi connectivity index (χ1n) is 9.17. The molecule has 0 aliphatic carbocycles. The number of aromatic nitrogens is 2. The molecular formula is C20H23N3O3. The van der Waals surface area contributed by atoms with Crippen LogP contribution >= 0.6 is 0 Å². The van der Waals surface area contributed by atoms with E-state index in [4.69, 9.17) is 4.74 Å². The molecule has 1 saturated heterocycles. The lowest BCUT2D eigenvalue weighted by atomic mass is 9.91. The molecule has 1 atom stereocenters. The summed E-state index contributed by atoms with van der Waals surface area (Å²) in [5, 5.41) is 0. The van der Waals surface area contributed by atoms with Gasteiger partial charge >= 0.3 is 0 Å². The van der Waals surface area contributed by atoms with Gasteiger partial charge in [0.25, 0.3) is 5.56 Å². The molecule has 0 bridgehead atoms. The molecule has 2 aliphatic rings. The Labute approximate surface area is 152 Å². The molecule has 3 heterocycles. The van der Waals surface area contributed by atoms with Crippen molar-refractivity contribution in [3.8, 4) is 5.75 Å². The highest BCUT2D eigenvalue weighted by Gasteiger charge is 2.32. The van der Waals surface area contributed by atoms with E-state index in [-0.39, 0.29) is 23.3 Å². The van der Waals surface area contributed by atoms with Crippen LogP contribution < -0.4 is 10.3 Å². The van der Waals surface area contributed by atoms with Crippen molar-refractivity contribution in [1.82, 2.24) is 14.9 Å². The Bertz CT molecular complexity index is 869. The number of ether oxygens (including phenoxy) is 1. The fourth-order valence-electron chi connectivity index (χ4n) is 3.95. The fourth-order valence-corrected chi connectivity index (χ4v) is 3.95. The summed E-state index contributed by atoms with van der Waals surface area (Å²) in [6, 6.07) is 9.51. The smallest absolute Gasteiger partial charge is 0.251 e. The van der Waals surface area contributed by atoms with E-state index in [1.807, 2.05) is 29.2 Å². The van der Waals surface area contributed by atoms with Crippen molar-refractivity contribution in [2.75, 3.05) is 19.7 Å². The minimum Gasteiger partial charge on any atom is -0.492 e. The van der Waals surface area contributed by atoms with Crippen molar-refractivity contribution in [3.63, 3.8) is 0 Å². The number of benzene rings is 1. The maximum Gasteiger partial charge on any atom is 0.251 e. The largest absolute Gasteiger partial charge is 0.492 e. The van der Waals surface area contributed by atoms with E-state index < -0.39 is 0 Å². The zero-order valence-corrected chi connectivity index (χ0v) is 14.9. The second-order valence-electron chi connectivity index (χ2n) is 7.18. The first-order valence-corrected chi connectivity index (χ1v) is 9.17. The summed E-state index contributed by atoms with van der Waals surface area (Å²) >= 11 is 0. The Hall–Kier alpha value is -2.63. The number of H-pyrrole nitrogens is 1. The Kier molecular flexibility index (Phi) is 4.49. The molecule has 1 aromatic carbocycles. The summed E-state index contributed by atoms with van der Waals surface area (Å²) < 4.78 is 5.77. The first-order chi connectivity index (χ1) is 12.6. The monoisotopic (exact) mass is 353 g/mol. The van der Waals surface area contributed by atoms with E-state index in [0.717, 1.165) is 36.3 Å². The van der Waals surface area contributed by atoms with E-state index >= 15 is 0 Å². The number of hydrogen-bond acceptors (Lipinski definition) is 4. The quantitative estimate of drug-likeness (QED) is 0.896. The number of aromatic amines is 1. The third-order valence-corrected chi connectivity index (χ3v) is 5.33. The van der Waals surface area contributed by atoms with Crippen LogP contribution in [-0.2, 0) is 11.2 Å². The van der Waals surface area contributed by atoms with Crippen molar-refractivity contribution >= 4 is 5.91 Å². The molecule has 6 nitrogen and oxygen atoms in total. The molecule has 1 unspecified atom stereocenters. The van der Waals surface area contributed by atoms with Crippen molar-refractivity contribution in [2.24, 2.45) is 5.92 Å². The molecule has 0 spiro atoms. The number of fused-ring (bicyclic) bond motifs is 1. The number of carbonyl (C=O) groups is 1. The number of piperidine rings is 1. The average molecular weight is 353 g/mol. The number of nitrogens with one attached hydrogen (secondary N) is 1. The van der Waals surface area contributed by atoms with E-state index in [0.29, 0.717) is 25.5 Å². The number of rotatable bonds is 2. The maximum atomic E-state index is 12.9. The molecule has 136 valence electrons. The van der Waals surface area contributed by atoms with E-state index in [2.05, 4.69) is 9.97 Å². The minimum absolute atomic E-state index is 0.107. The van der Waals surface area contributed by atoms with Gasteiger partial charge in [0.15, 0.2) is 0 Å². The lowest BCUT2D eigenvalue weighted by Crippen LogP contribution is -2.44. The summed E-state index contributed by atoms with van der Waals surface area (Å²) in [6.45, 7) is 3.65. The van der Waals surface area contributed by atoms with Crippen LogP contribution in [0.3, 0.4) is 0 Å². The number of hydrogen-bond donors (Lipinski definition) is 1. The van der Waals surface area contributed by atoms with Crippen LogP contribution in [0.5, 0.6) is 5.75 Å². The lowest BCUT2D eigenvalue weighted by Gasteiger charge is -2.35. The molecule has 0 saturated carbocycles. The number of para-hydroxylation sites is 1. The Morgan fingerprint density at radius 2 is 2.04 bits per heavy atom. The zero-order valence-electron chi connectivity index (χ0n) is 14.9. The summed E-state index contributed by atoms with van der Waals surface area (Å²) in [5.74, 6) is 1.84.